The fourth-order valence-corrected chi connectivity index (χ4v) is 6.77. The average molecular weight is 705 g/mol. The van der Waals surface area contributed by atoms with Gasteiger partial charge in [-0.15, -0.1) is 0 Å². The molecule has 1 aliphatic carbocycles. The van der Waals surface area contributed by atoms with E-state index in [0.717, 1.165) is 47.5 Å². The summed E-state index contributed by atoms with van der Waals surface area (Å²) in [7, 11) is 1.61. The van der Waals surface area contributed by atoms with E-state index in [0.29, 0.717) is 49.8 Å². The molecule has 0 aliphatic heterocycles. The van der Waals surface area contributed by atoms with Crippen LogP contribution >= 0.6 is 23.4 Å². The summed E-state index contributed by atoms with van der Waals surface area (Å²) >= 11 is 7.57. The van der Waals surface area contributed by atoms with Crippen LogP contribution in [0.25, 0.3) is 5.69 Å². The van der Waals surface area contributed by atoms with E-state index in [9.17, 15) is 4.39 Å². The predicted octanol–water partition coefficient (Wildman–Crippen LogP) is 8.09. The van der Waals surface area contributed by atoms with Gasteiger partial charge in [0, 0.05) is 47.2 Å². The molecule has 1 aromatic heterocycles. The number of nitrogens with zero attached hydrogens (tertiary/aromatic N) is 2. The molecular formula is C36H40ClF3N2O5S. The first-order chi connectivity index (χ1) is 23.4. The third kappa shape index (κ3) is 9.55. The van der Waals surface area contributed by atoms with Crippen molar-refractivity contribution >= 4 is 23.4 Å². The Hall–Kier alpha value is -3.06. The molecule has 48 heavy (non-hydrogen) atoms. The van der Waals surface area contributed by atoms with E-state index >= 15 is 8.78 Å². The molecule has 0 fully saturated rings. The van der Waals surface area contributed by atoms with Crippen LogP contribution in [0.5, 0.6) is 5.75 Å². The van der Waals surface area contributed by atoms with Crippen LogP contribution in [-0.2, 0) is 31.1 Å². The Morgan fingerprint density at radius 3 is 2.15 bits per heavy atom. The lowest BCUT2D eigenvalue weighted by molar-refractivity contribution is 0.000143. The van der Waals surface area contributed by atoms with Gasteiger partial charge < -0.3 is 23.7 Å². The maximum atomic E-state index is 15.2. The molecule has 258 valence electrons. The first kappa shape index (κ1) is 36.2. The van der Waals surface area contributed by atoms with Crippen molar-refractivity contribution in [1.29, 1.82) is 0 Å². The second kappa shape index (κ2) is 18.1. The Morgan fingerprint density at radius 2 is 1.50 bits per heavy atom. The van der Waals surface area contributed by atoms with Crippen molar-refractivity contribution in [3.8, 4) is 11.4 Å². The smallest absolute Gasteiger partial charge is 0.173 e. The maximum Gasteiger partial charge on any atom is 0.173 e. The standard InChI is InChI=1S/C36H40ClF3N2O5S/c1-24-20-25(6-11-31(24)37)29-4-3-5-34-35(29)42(27-9-7-26(38)8-10-27)36(41-34)48-23-30-32(39)21-28(22-33(30)40)47-19-18-46-17-16-45-15-14-44-13-12-43-2/h6-11,20-22,29H,3-5,12-19,23H2,1-2H3. The van der Waals surface area contributed by atoms with Gasteiger partial charge in [0.15, 0.2) is 5.16 Å². The summed E-state index contributed by atoms with van der Waals surface area (Å²) in [6.45, 7) is 5.08. The van der Waals surface area contributed by atoms with Crippen molar-refractivity contribution in [2.45, 2.75) is 43.0 Å². The van der Waals surface area contributed by atoms with E-state index in [-0.39, 0.29) is 42.0 Å². The van der Waals surface area contributed by atoms with Gasteiger partial charge in [0.2, 0.25) is 0 Å². The number of benzene rings is 3. The molecule has 12 heteroatoms. The van der Waals surface area contributed by atoms with Crippen LogP contribution in [0, 0.1) is 24.4 Å². The van der Waals surface area contributed by atoms with Gasteiger partial charge in [0.25, 0.3) is 0 Å². The van der Waals surface area contributed by atoms with Gasteiger partial charge in [-0.3, -0.25) is 4.57 Å². The zero-order valence-corrected chi connectivity index (χ0v) is 28.7. The third-order valence-electron chi connectivity index (χ3n) is 8.00. The number of aryl methyl sites for hydroxylation is 2. The van der Waals surface area contributed by atoms with E-state index < -0.39 is 11.6 Å². The highest BCUT2D eigenvalue weighted by Gasteiger charge is 2.30. The number of halogens is 4. The Balaban J connectivity index is 1.22. The summed E-state index contributed by atoms with van der Waals surface area (Å²) in [5, 5.41) is 1.28. The number of ether oxygens (including phenoxy) is 5. The van der Waals surface area contributed by atoms with Gasteiger partial charge in [-0.2, -0.15) is 0 Å². The Bertz CT molecular complexity index is 1620. The van der Waals surface area contributed by atoms with Crippen LogP contribution in [-0.4, -0.2) is 69.5 Å². The van der Waals surface area contributed by atoms with Crippen molar-refractivity contribution in [1.82, 2.24) is 9.55 Å². The second-order valence-corrected chi connectivity index (χ2v) is 12.7. The van der Waals surface area contributed by atoms with Gasteiger partial charge in [-0.05, 0) is 67.6 Å². The van der Waals surface area contributed by atoms with Gasteiger partial charge in [0.05, 0.1) is 57.6 Å². The van der Waals surface area contributed by atoms with Crippen LogP contribution in [0.15, 0.2) is 59.8 Å². The van der Waals surface area contributed by atoms with Crippen molar-refractivity contribution in [2.75, 3.05) is 60.0 Å². The largest absolute Gasteiger partial charge is 0.491 e. The normalized spacial score (nSPS) is 14.3. The molecule has 7 nitrogen and oxygen atoms in total. The number of methoxy groups -OCH3 is 1. The monoisotopic (exact) mass is 704 g/mol. The summed E-state index contributed by atoms with van der Waals surface area (Å²) < 4.78 is 73.0. The van der Waals surface area contributed by atoms with Crippen LogP contribution in [0.3, 0.4) is 0 Å². The first-order valence-corrected chi connectivity index (χ1v) is 17.3. The van der Waals surface area contributed by atoms with Gasteiger partial charge >= 0.3 is 0 Å². The number of hydrogen-bond acceptors (Lipinski definition) is 7. The topological polar surface area (TPSA) is 64.0 Å². The quantitative estimate of drug-likeness (QED) is 0.0767. The summed E-state index contributed by atoms with van der Waals surface area (Å²) in [6, 6.07) is 14.6. The lowest BCUT2D eigenvalue weighted by atomic mass is 9.83. The highest BCUT2D eigenvalue weighted by molar-refractivity contribution is 7.98. The molecule has 1 atom stereocenters. The molecule has 4 aromatic rings. The number of fused-ring (bicyclic) bond motifs is 1. The van der Waals surface area contributed by atoms with Crippen LogP contribution in [0.1, 0.15) is 46.8 Å². The molecule has 1 unspecified atom stereocenters. The number of rotatable bonds is 18. The fourth-order valence-electron chi connectivity index (χ4n) is 5.59. The molecule has 0 spiro atoms. The van der Waals surface area contributed by atoms with Crippen molar-refractivity contribution in [2.24, 2.45) is 0 Å². The molecule has 0 radical (unpaired) electrons. The minimum Gasteiger partial charge on any atom is -0.491 e. The number of imidazole rings is 1. The predicted molar refractivity (Wildman–Crippen MR) is 180 cm³/mol. The Labute approximate surface area is 288 Å². The zero-order valence-electron chi connectivity index (χ0n) is 27.1. The molecular weight excluding hydrogens is 665 g/mol. The van der Waals surface area contributed by atoms with Gasteiger partial charge in [-0.1, -0.05) is 35.5 Å². The van der Waals surface area contributed by atoms with E-state index in [1.165, 1.54) is 36.0 Å². The lowest BCUT2D eigenvalue weighted by Crippen LogP contribution is -2.15. The molecule has 5 rings (SSSR count). The first-order valence-electron chi connectivity index (χ1n) is 15.9. The second-order valence-electron chi connectivity index (χ2n) is 11.3. The molecule has 1 aliphatic rings. The molecule has 0 N–H and O–H groups in total. The molecule has 0 bridgehead atoms. The third-order valence-corrected chi connectivity index (χ3v) is 9.39. The number of thioether (sulfide) groups is 1. The minimum atomic E-state index is -0.710. The van der Waals surface area contributed by atoms with E-state index in [1.807, 2.05) is 23.6 Å². The highest BCUT2D eigenvalue weighted by Crippen LogP contribution is 2.42. The fraction of sp³-hybridized carbons (Fsp3) is 0.417. The maximum absolute atomic E-state index is 15.2. The van der Waals surface area contributed by atoms with Crippen LogP contribution in [0.4, 0.5) is 13.2 Å². The van der Waals surface area contributed by atoms with E-state index in [1.54, 1.807) is 19.2 Å². The zero-order chi connectivity index (χ0) is 33.9. The molecule has 0 saturated heterocycles. The molecule has 3 aromatic carbocycles. The van der Waals surface area contributed by atoms with E-state index in [4.69, 9.17) is 40.3 Å². The summed E-state index contributed by atoms with van der Waals surface area (Å²) in [4.78, 5) is 4.96. The van der Waals surface area contributed by atoms with Crippen molar-refractivity contribution in [3.63, 3.8) is 0 Å². The number of hydrogen-bond donors (Lipinski definition) is 0. The molecule has 0 amide bonds. The van der Waals surface area contributed by atoms with Crippen LogP contribution in [0.2, 0.25) is 5.02 Å². The van der Waals surface area contributed by atoms with Crippen molar-refractivity contribution < 1.29 is 36.9 Å². The average Bonchev–Trinajstić information content (AvgIpc) is 3.45. The molecule has 1 heterocycles. The number of aromatic nitrogens is 2. The van der Waals surface area contributed by atoms with Gasteiger partial charge in [0.1, 0.15) is 29.8 Å². The Kier molecular flexibility index (Phi) is 13.6. The highest BCUT2D eigenvalue weighted by atomic mass is 35.5. The summed E-state index contributed by atoms with van der Waals surface area (Å²) in [6.07, 6.45) is 2.62. The Morgan fingerprint density at radius 1 is 0.854 bits per heavy atom. The molecule has 0 saturated carbocycles. The van der Waals surface area contributed by atoms with Crippen molar-refractivity contribution in [3.05, 3.63) is 105 Å². The van der Waals surface area contributed by atoms with E-state index in [2.05, 4.69) is 6.07 Å². The SMILES string of the molecule is COCCOCCOCCOCCOc1cc(F)c(CSc2nc3c(n2-c2ccc(F)cc2)C(c2ccc(Cl)c(C)c2)CCC3)c(F)c1. The minimum absolute atomic E-state index is 0.000285. The van der Waals surface area contributed by atoms with Gasteiger partial charge in [-0.25, -0.2) is 18.2 Å². The lowest BCUT2D eigenvalue weighted by Gasteiger charge is -2.25. The van der Waals surface area contributed by atoms with Crippen LogP contribution < -0.4 is 4.74 Å². The summed E-state index contributed by atoms with van der Waals surface area (Å²) in [5.41, 5.74) is 4.68. The summed E-state index contributed by atoms with van der Waals surface area (Å²) in [5.74, 6) is -1.66.